The van der Waals surface area contributed by atoms with Crippen molar-refractivity contribution in [3.8, 4) is 11.3 Å². The van der Waals surface area contributed by atoms with Crippen molar-refractivity contribution in [2.75, 3.05) is 19.0 Å². The quantitative estimate of drug-likeness (QED) is 0.648. The molecule has 1 N–H and O–H groups in total. The summed E-state index contributed by atoms with van der Waals surface area (Å²) in [7, 11) is 1.38. The van der Waals surface area contributed by atoms with Gasteiger partial charge in [0.05, 0.1) is 19.0 Å². The second kappa shape index (κ2) is 7.33. The van der Waals surface area contributed by atoms with Gasteiger partial charge in [-0.1, -0.05) is 24.3 Å². The molecule has 0 bridgehead atoms. The first-order valence-corrected chi connectivity index (χ1v) is 6.77. The van der Waals surface area contributed by atoms with E-state index in [0.29, 0.717) is 25.3 Å². The number of aromatic nitrogens is 3. The monoisotopic (exact) mass is 286 g/mol. The molecule has 0 radical (unpaired) electrons. The molecule has 0 unspecified atom stereocenters. The number of hydrogen-bond acceptors (Lipinski definition) is 6. The number of aryl methyl sites for hydroxylation is 1. The number of esters is 1. The van der Waals surface area contributed by atoms with E-state index in [2.05, 4.69) is 25.2 Å². The van der Waals surface area contributed by atoms with Crippen molar-refractivity contribution < 1.29 is 9.53 Å². The maximum Gasteiger partial charge on any atom is 0.305 e. The molecule has 110 valence electrons. The Morgan fingerprint density at radius 2 is 2.14 bits per heavy atom. The van der Waals surface area contributed by atoms with E-state index >= 15 is 0 Å². The Balaban J connectivity index is 1.98. The Bertz CT molecular complexity index is 616. The van der Waals surface area contributed by atoms with Gasteiger partial charge in [0.1, 0.15) is 0 Å². The molecule has 0 aliphatic rings. The molecule has 2 aromatic rings. The summed E-state index contributed by atoms with van der Waals surface area (Å²) >= 11 is 0. The largest absolute Gasteiger partial charge is 0.469 e. The average molecular weight is 286 g/mol. The van der Waals surface area contributed by atoms with Gasteiger partial charge in [-0.05, 0) is 18.9 Å². The first-order valence-electron chi connectivity index (χ1n) is 6.77. The van der Waals surface area contributed by atoms with Gasteiger partial charge in [-0.2, -0.15) is 5.10 Å². The summed E-state index contributed by atoms with van der Waals surface area (Å²) in [6, 6.07) is 7.98. The van der Waals surface area contributed by atoms with Gasteiger partial charge in [0.15, 0.2) is 0 Å². The minimum atomic E-state index is -0.218. The van der Waals surface area contributed by atoms with E-state index in [0.717, 1.165) is 16.8 Å². The van der Waals surface area contributed by atoms with Crippen molar-refractivity contribution >= 4 is 11.9 Å². The van der Waals surface area contributed by atoms with E-state index in [-0.39, 0.29) is 5.97 Å². The molecule has 0 amide bonds. The highest BCUT2D eigenvalue weighted by molar-refractivity contribution is 5.69. The summed E-state index contributed by atoms with van der Waals surface area (Å²) in [6.45, 7) is 2.62. The van der Waals surface area contributed by atoms with Crippen LogP contribution in [0.3, 0.4) is 0 Å². The lowest BCUT2D eigenvalue weighted by molar-refractivity contribution is -0.140. The number of anilines is 1. The molecule has 0 saturated carbocycles. The molecule has 1 aromatic carbocycles. The van der Waals surface area contributed by atoms with Crippen LogP contribution in [0.4, 0.5) is 5.95 Å². The number of methoxy groups -OCH3 is 1. The van der Waals surface area contributed by atoms with Crippen molar-refractivity contribution in [1.29, 1.82) is 0 Å². The van der Waals surface area contributed by atoms with Crippen LogP contribution in [0, 0.1) is 6.92 Å². The molecular formula is C15H18N4O2. The van der Waals surface area contributed by atoms with Crippen molar-refractivity contribution in [2.45, 2.75) is 19.8 Å². The summed E-state index contributed by atoms with van der Waals surface area (Å²) < 4.78 is 4.58. The van der Waals surface area contributed by atoms with Gasteiger partial charge in [0.2, 0.25) is 5.95 Å². The Morgan fingerprint density at radius 1 is 1.33 bits per heavy atom. The van der Waals surface area contributed by atoms with E-state index in [4.69, 9.17) is 0 Å². The fraction of sp³-hybridized carbons (Fsp3) is 0.333. The molecular weight excluding hydrogens is 268 g/mol. The molecule has 0 spiro atoms. The van der Waals surface area contributed by atoms with Crippen LogP contribution >= 0.6 is 0 Å². The van der Waals surface area contributed by atoms with Crippen molar-refractivity contribution in [3.63, 3.8) is 0 Å². The zero-order valence-corrected chi connectivity index (χ0v) is 12.2. The molecule has 0 saturated heterocycles. The first-order chi connectivity index (χ1) is 10.2. The first kappa shape index (κ1) is 14.9. The van der Waals surface area contributed by atoms with Crippen LogP contribution in [0.1, 0.15) is 18.4 Å². The van der Waals surface area contributed by atoms with Crippen LogP contribution in [-0.4, -0.2) is 34.8 Å². The molecule has 6 nitrogen and oxygen atoms in total. The number of carbonyl (C=O) groups is 1. The highest BCUT2D eigenvalue weighted by Gasteiger charge is 2.06. The second-order valence-electron chi connectivity index (χ2n) is 4.59. The second-order valence-corrected chi connectivity index (χ2v) is 4.59. The SMILES string of the molecule is COC(=O)CCCNc1nncc(-c2ccccc2C)n1. The molecule has 0 fully saturated rings. The highest BCUT2D eigenvalue weighted by Crippen LogP contribution is 2.20. The van der Waals surface area contributed by atoms with Crippen molar-refractivity contribution in [2.24, 2.45) is 0 Å². The zero-order chi connectivity index (χ0) is 15.1. The lowest BCUT2D eigenvalue weighted by Crippen LogP contribution is -2.09. The minimum absolute atomic E-state index is 0.218. The lowest BCUT2D eigenvalue weighted by atomic mass is 10.1. The molecule has 1 heterocycles. The number of rotatable bonds is 6. The molecule has 6 heteroatoms. The molecule has 21 heavy (non-hydrogen) atoms. The smallest absolute Gasteiger partial charge is 0.305 e. The normalized spacial score (nSPS) is 10.2. The third-order valence-electron chi connectivity index (χ3n) is 3.05. The third-order valence-corrected chi connectivity index (χ3v) is 3.05. The van der Waals surface area contributed by atoms with Gasteiger partial charge in [-0.3, -0.25) is 4.79 Å². The minimum Gasteiger partial charge on any atom is -0.469 e. The van der Waals surface area contributed by atoms with E-state index in [9.17, 15) is 4.79 Å². The summed E-state index contributed by atoms with van der Waals surface area (Å²) in [5.41, 5.74) is 2.94. The summed E-state index contributed by atoms with van der Waals surface area (Å²) in [5, 5.41) is 11.0. The summed E-state index contributed by atoms with van der Waals surface area (Å²) in [5.74, 6) is 0.241. The van der Waals surface area contributed by atoms with Gasteiger partial charge in [0.25, 0.3) is 0 Å². The van der Waals surface area contributed by atoms with Crippen LogP contribution in [0.2, 0.25) is 0 Å². The van der Waals surface area contributed by atoms with Crippen LogP contribution in [0.25, 0.3) is 11.3 Å². The van der Waals surface area contributed by atoms with Crippen molar-refractivity contribution in [1.82, 2.24) is 15.2 Å². The number of ether oxygens (including phenoxy) is 1. The lowest BCUT2D eigenvalue weighted by Gasteiger charge is -2.07. The van der Waals surface area contributed by atoms with Crippen molar-refractivity contribution in [3.05, 3.63) is 36.0 Å². The Hall–Kier alpha value is -2.50. The van der Waals surface area contributed by atoms with E-state index in [1.165, 1.54) is 7.11 Å². The molecule has 1 aromatic heterocycles. The van der Waals surface area contributed by atoms with Crippen LogP contribution in [0.15, 0.2) is 30.5 Å². The molecule has 2 rings (SSSR count). The topological polar surface area (TPSA) is 77.0 Å². The predicted molar refractivity (Wildman–Crippen MR) is 79.7 cm³/mol. The number of benzene rings is 1. The maximum absolute atomic E-state index is 11.0. The standard InChI is InChI=1S/C15H18N4O2/c1-11-6-3-4-7-12(11)13-10-17-19-15(18-13)16-9-5-8-14(20)21-2/h3-4,6-7,10H,5,8-9H2,1-2H3,(H,16,18,19). The zero-order valence-electron chi connectivity index (χ0n) is 12.2. The van der Waals surface area contributed by atoms with Crippen LogP contribution < -0.4 is 5.32 Å². The van der Waals surface area contributed by atoms with E-state index in [1.807, 2.05) is 31.2 Å². The number of nitrogens with zero attached hydrogens (tertiary/aromatic N) is 3. The third kappa shape index (κ3) is 4.24. The van der Waals surface area contributed by atoms with E-state index < -0.39 is 0 Å². The number of hydrogen-bond donors (Lipinski definition) is 1. The Labute approximate surface area is 123 Å². The Morgan fingerprint density at radius 3 is 2.90 bits per heavy atom. The van der Waals surface area contributed by atoms with E-state index in [1.54, 1.807) is 6.20 Å². The Kier molecular flexibility index (Phi) is 5.20. The fourth-order valence-electron chi connectivity index (χ4n) is 1.90. The van der Waals surface area contributed by atoms with Gasteiger partial charge >= 0.3 is 5.97 Å². The van der Waals surface area contributed by atoms with Gasteiger partial charge in [-0.15, -0.1) is 5.10 Å². The summed E-state index contributed by atoms with van der Waals surface area (Å²) in [6.07, 6.45) is 2.67. The summed E-state index contributed by atoms with van der Waals surface area (Å²) in [4.78, 5) is 15.4. The van der Waals surface area contributed by atoms with Crippen LogP contribution in [0.5, 0.6) is 0 Å². The molecule has 0 aliphatic heterocycles. The molecule has 0 atom stereocenters. The van der Waals surface area contributed by atoms with Crippen LogP contribution in [-0.2, 0) is 9.53 Å². The predicted octanol–water partition coefficient (Wildman–Crippen LogP) is 2.21. The van der Waals surface area contributed by atoms with Gasteiger partial charge in [-0.25, -0.2) is 4.98 Å². The maximum atomic E-state index is 11.0. The van der Waals surface area contributed by atoms with Gasteiger partial charge < -0.3 is 10.1 Å². The van der Waals surface area contributed by atoms with Gasteiger partial charge in [0, 0.05) is 18.5 Å². The highest BCUT2D eigenvalue weighted by atomic mass is 16.5. The number of carbonyl (C=O) groups excluding carboxylic acids is 1. The fourth-order valence-corrected chi connectivity index (χ4v) is 1.90. The molecule has 0 aliphatic carbocycles. The average Bonchev–Trinajstić information content (AvgIpc) is 2.52. The number of nitrogens with one attached hydrogen (secondary N) is 1.